The summed E-state index contributed by atoms with van der Waals surface area (Å²) in [6.45, 7) is 1.50. The van der Waals surface area contributed by atoms with Crippen molar-refractivity contribution >= 4 is 11.9 Å². The third kappa shape index (κ3) is 3.93. The molecule has 6 nitrogen and oxygen atoms in total. The summed E-state index contributed by atoms with van der Waals surface area (Å²) in [6.07, 6.45) is 4.27. The van der Waals surface area contributed by atoms with Gasteiger partial charge in [0.25, 0.3) is 0 Å². The van der Waals surface area contributed by atoms with E-state index in [0.29, 0.717) is 31.8 Å². The molecule has 114 valence electrons. The lowest BCUT2D eigenvalue weighted by Crippen LogP contribution is -2.48. The highest BCUT2D eigenvalue weighted by Crippen LogP contribution is 2.39. The molecule has 0 radical (unpaired) electrons. The molecule has 2 heterocycles. The van der Waals surface area contributed by atoms with Gasteiger partial charge in [0.05, 0.1) is 13.2 Å². The number of carboxylic acids is 1. The zero-order valence-corrected chi connectivity index (χ0v) is 12.0. The van der Waals surface area contributed by atoms with Crippen LogP contribution in [-0.2, 0) is 14.3 Å². The number of methoxy groups -OCH3 is 1. The van der Waals surface area contributed by atoms with Crippen molar-refractivity contribution in [3.8, 4) is 0 Å². The molecular formula is C14H24N2O4. The van der Waals surface area contributed by atoms with E-state index in [1.54, 1.807) is 7.11 Å². The van der Waals surface area contributed by atoms with Gasteiger partial charge in [-0.3, -0.25) is 14.5 Å². The predicted molar refractivity (Wildman–Crippen MR) is 73.4 cm³/mol. The first-order chi connectivity index (χ1) is 9.60. The Morgan fingerprint density at radius 2 is 1.95 bits per heavy atom. The SMILES string of the molecule is COCCNC(=O)CN1C2CCC1CC(CC(=O)O)C2. The lowest BCUT2D eigenvalue weighted by Gasteiger charge is -2.38. The molecule has 2 unspecified atom stereocenters. The fourth-order valence-electron chi connectivity index (χ4n) is 3.57. The Hall–Kier alpha value is -1.14. The smallest absolute Gasteiger partial charge is 0.303 e. The highest BCUT2D eigenvalue weighted by atomic mass is 16.5. The molecule has 0 spiro atoms. The number of ether oxygens (including phenoxy) is 1. The number of nitrogens with zero attached hydrogens (tertiary/aromatic N) is 1. The quantitative estimate of drug-likeness (QED) is 0.664. The van der Waals surface area contributed by atoms with Gasteiger partial charge in [-0.2, -0.15) is 0 Å². The Morgan fingerprint density at radius 1 is 1.30 bits per heavy atom. The maximum absolute atomic E-state index is 11.9. The van der Waals surface area contributed by atoms with Crippen molar-refractivity contribution in [2.75, 3.05) is 26.8 Å². The number of hydrogen-bond donors (Lipinski definition) is 2. The second kappa shape index (κ2) is 7.04. The molecule has 1 amide bonds. The molecule has 0 aromatic rings. The van der Waals surface area contributed by atoms with Crippen molar-refractivity contribution in [3.05, 3.63) is 0 Å². The summed E-state index contributed by atoms with van der Waals surface area (Å²) in [5, 5.41) is 11.7. The predicted octanol–water partition coefficient (Wildman–Crippen LogP) is 0.467. The highest BCUT2D eigenvalue weighted by molar-refractivity contribution is 5.78. The van der Waals surface area contributed by atoms with Gasteiger partial charge in [0.1, 0.15) is 0 Å². The first kappa shape index (κ1) is 15.3. The van der Waals surface area contributed by atoms with Gasteiger partial charge in [0, 0.05) is 32.2 Å². The van der Waals surface area contributed by atoms with Crippen molar-refractivity contribution < 1.29 is 19.4 Å². The summed E-state index contributed by atoms with van der Waals surface area (Å²) in [6, 6.07) is 0.762. The summed E-state index contributed by atoms with van der Waals surface area (Å²) >= 11 is 0. The number of hydrogen-bond acceptors (Lipinski definition) is 4. The Balaban J connectivity index is 1.80. The van der Waals surface area contributed by atoms with Crippen LogP contribution in [0.5, 0.6) is 0 Å². The third-order valence-electron chi connectivity index (χ3n) is 4.40. The van der Waals surface area contributed by atoms with Gasteiger partial charge in [-0.15, -0.1) is 0 Å². The second-order valence-electron chi connectivity index (χ2n) is 5.84. The van der Waals surface area contributed by atoms with Crippen LogP contribution in [0.2, 0.25) is 0 Å². The lowest BCUT2D eigenvalue weighted by molar-refractivity contribution is -0.139. The zero-order valence-electron chi connectivity index (χ0n) is 12.0. The maximum Gasteiger partial charge on any atom is 0.303 e. The van der Waals surface area contributed by atoms with Crippen LogP contribution in [-0.4, -0.2) is 60.8 Å². The van der Waals surface area contributed by atoms with E-state index >= 15 is 0 Å². The molecule has 2 aliphatic rings. The Labute approximate surface area is 119 Å². The van der Waals surface area contributed by atoms with E-state index in [2.05, 4.69) is 10.2 Å². The van der Waals surface area contributed by atoms with Gasteiger partial charge in [0.15, 0.2) is 0 Å². The van der Waals surface area contributed by atoms with Crippen LogP contribution in [0.3, 0.4) is 0 Å². The van der Waals surface area contributed by atoms with Crippen molar-refractivity contribution in [3.63, 3.8) is 0 Å². The minimum Gasteiger partial charge on any atom is -0.481 e. The topological polar surface area (TPSA) is 78.9 Å². The first-order valence-electron chi connectivity index (χ1n) is 7.33. The van der Waals surface area contributed by atoms with E-state index in [9.17, 15) is 9.59 Å². The average Bonchev–Trinajstić information content (AvgIpc) is 2.60. The van der Waals surface area contributed by atoms with Gasteiger partial charge >= 0.3 is 5.97 Å². The van der Waals surface area contributed by atoms with E-state index in [1.165, 1.54) is 0 Å². The molecule has 2 rings (SSSR count). The molecule has 6 heteroatoms. The van der Waals surface area contributed by atoms with E-state index in [1.807, 2.05) is 0 Å². The summed E-state index contributed by atoms with van der Waals surface area (Å²) in [5.41, 5.74) is 0. The van der Waals surface area contributed by atoms with Crippen LogP contribution in [0.1, 0.15) is 32.1 Å². The van der Waals surface area contributed by atoms with Crippen LogP contribution in [0, 0.1) is 5.92 Å². The number of nitrogens with one attached hydrogen (secondary N) is 1. The Bertz CT molecular complexity index is 347. The minimum absolute atomic E-state index is 0.0376. The van der Waals surface area contributed by atoms with Crippen LogP contribution < -0.4 is 5.32 Å². The van der Waals surface area contributed by atoms with Crippen LogP contribution in [0.4, 0.5) is 0 Å². The molecule has 2 saturated heterocycles. The van der Waals surface area contributed by atoms with Crippen LogP contribution in [0.25, 0.3) is 0 Å². The van der Waals surface area contributed by atoms with Gasteiger partial charge in [0.2, 0.25) is 5.91 Å². The molecule has 2 atom stereocenters. The fourth-order valence-corrected chi connectivity index (χ4v) is 3.57. The van der Waals surface area contributed by atoms with Crippen molar-refractivity contribution in [2.24, 2.45) is 5.92 Å². The van der Waals surface area contributed by atoms with Crippen molar-refractivity contribution in [1.82, 2.24) is 10.2 Å². The summed E-state index contributed by atoms with van der Waals surface area (Å²) in [7, 11) is 1.61. The van der Waals surface area contributed by atoms with E-state index < -0.39 is 5.97 Å². The highest BCUT2D eigenvalue weighted by Gasteiger charge is 2.41. The molecule has 2 bridgehead atoms. The number of amides is 1. The first-order valence-corrected chi connectivity index (χ1v) is 7.33. The molecular weight excluding hydrogens is 260 g/mol. The number of carboxylic acid groups (broad SMARTS) is 1. The molecule has 2 fully saturated rings. The van der Waals surface area contributed by atoms with Gasteiger partial charge in [-0.05, 0) is 31.6 Å². The third-order valence-corrected chi connectivity index (χ3v) is 4.40. The normalized spacial score (nSPS) is 29.4. The molecule has 0 saturated carbocycles. The number of rotatable bonds is 7. The number of piperidine rings is 1. The average molecular weight is 284 g/mol. The van der Waals surface area contributed by atoms with E-state index in [4.69, 9.17) is 9.84 Å². The summed E-state index contributed by atoms with van der Waals surface area (Å²) < 4.78 is 4.90. The maximum atomic E-state index is 11.9. The number of fused-ring (bicyclic) bond motifs is 2. The van der Waals surface area contributed by atoms with Crippen molar-refractivity contribution in [2.45, 2.75) is 44.2 Å². The molecule has 2 aliphatic heterocycles. The number of carbonyl (C=O) groups is 2. The minimum atomic E-state index is -0.708. The molecule has 0 aliphatic carbocycles. The second-order valence-corrected chi connectivity index (χ2v) is 5.84. The number of aliphatic carboxylic acids is 1. The van der Waals surface area contributed by atoms with Crippen LogP contribution >= 0.6 is 0 Å². The Kier molecular flexibility index (Phi) is 5.37. The molecule has 0 aromatic carbocycles. The zero-order chi connectivity index (χ0) is 14.5. The molecule has 0 aromatic heterocycles. The standard InChI is InChI=1S/C14H24N2O4/c1-20-5-4-15-13(17)9-16-11-2-3-12(16)7-10(6-11)8-14(18)19/h10-12H,2-9H2,1H3,(H,15,17)(H,18,19). The molecule has 20 heavy (non-hydrogen) atoms. The molecule has 2 N–H and O–H groups in total. The van der Waals surface area contributed by atoms with Crippen LogP contribution in [0.15, 0.2) is 0 Å². The largest absolute Gasteiger partial charge is 0.481 e. The van der Waals surface area contributed by atoms with Gasteiger partial charge < -0.3 is 15.2 Å². The Morgan fingerprint density at radius 3 is 2.50 bits per heavy atom. The lowest BCUT2D eigenvalue weighted by atomic mass is 9.88. The van der Waals surface area contributed by atoms with Crippen molar-refractivity contribution in [1.29, 1.82) is 0 Å². The fraction of sp³-hybridized carbons (Fsp3) is 0.857. The van der Waals surface area contributed by atoms with E-state index in [-0.39, 0.29) is 18.2 Å². The monoisotopic (exact) mass is 284 g/mol. The van der Waals surface area contributed by atoms with E-state index in [0.717, 1.165) is 25.7 Å². The summed E-state index contributed by atoms with van der Waals surface area (Å²) in [5.74, 6) is -0.395. The number of carbonyl (C=O) groups excluding carboxylic acids is 1. The van der Waals surface area contributed by atoms with Gasteiger partial charge in [-0.1, -0.05) is 0 Å². The van der Waals surface area contributed by atoms with Gasteiger partial charge in [-0.25, -0.2) is 0 Å². The summed E-state index contributed by atoms with van der Waals surface area (Å²) in [4.78, 5) is 24.9.